The Morgan fingerprint density at radius 2 is 2.17 bits per heavy atom. The van der Waals surface area contributed by atoms with Crippen molar-refractivity contribution in [1.29, 1.82) is 0 Å². The maximum atomic E-state index is 13.9. The minimum Gasteiger partial charge on any atom is -0.396 e. The smallest absolute Gasteiger partial charge is 0.316 e. The van der Waals surface area contributed by atoms with Crippen LogP contribution >= 0.6 is 0 Å². The molecule has 0 saturated heterocycles. The van der Waals surface area contributed by atoms with Gasteiger partial charge in [0, 0.05) is 17.4 Å². The highest BCUT2D eigenvalue weighted by atomic mass is 19.1. The van der Waals surface area contributed by atoms with Crippen LogP contribution in [0.5, 0.6) is 0 Å². The maximum absolute atomic E-state index is 13.9. The summed E-state index contributed by atoms with van der Waals surface area (Å²) in [6.07, 6.45) is 3.98. The quantitative estimate of drug-likeness (QED) is 0.523. The molecule has 1 aromatic rings. The van der Waals surface area contributed by atoms with Crippen LogP contribution in [0.1, 0.15) is 50.2 Å². The number of ketones is 1. The van der Waals surface area contributed by atoms with Gasteiger partial charge in [-0.3, -0.25) is 14.9 Å². The van der Waals surface area contributed by atoms with Crippen LogP contribution in [0.3, 0.4) is 0 Å². The van der Waals surface area contributed by atoms with Gasteiger partial charge in [-0.15, -0.1) is 0 Å². The third kappa shape index (κ3) is 2.33. The Balaban J connectivity index is 2.26. The van der Waals surface area contributed by atoms with Gasteiger partial charge in [0.2, 0.25) is 5.78 Å². The summed E-state index contributed by atoms with van der Waals surface area (Å²) in [5.74, 6) is -1.05. The summed E-state index contributed by atoms with van der Waals surface area (Å²) in [6, 6.07) is 2.82. The van der Waals surface area contributed by atoms with Crippen molar-refractivity contribution in [2.75, 3.05) is 5.73 Å². The molecule has 1 atom stereocenters. The van der Waals surface area contributed by atoms with Crippen LogP contribution < -0.4 is 5.73 Å². The van der Waals surface area contributed by atoms with E-state index >= 15 is 0 Å². The minimum absolute atomic E-state index is 0.0441. The fourth-order valence-electron chi connectivity index (χ4n) is 4.00. The molecule has 2 aliphatic carbocycles. The lowest BCUT2D eigenvalue weighted by atomic mass is 9.68. The number of Topliss-reactive ketones (excluding diaryl/α,β-unsaturated/α-hetero) is 1. The molecule has 0 heterocycles. The number of nitrogens with two attached hydrogens (primary N) is 1. The van der Waals surface area contributed by atoms with Gasteiger partial charge in [0.05, 0.1) is 10.6 Å². The number of nitrogen functional groups attached to an aromatic ring is 1. The van der Waals surface area contributed by atoms with Crippen molar-refractivity contribution in [3.05, 3.63) is 44.9 Å². The van der Waals surface area contributed by atoms with Gasteiger partial charge in [-0.1, -0.05) is 19.8 Å². The number of fused-ring (bicyclic) bond motifs is 3. The van der Waals surface area contributed by atoms with Crippen LogP contribution in [0, 0.1) is 21.3 Å². The molecule has 0 amide bonds. The third-order valence-electron chi connectivity index (χ3n) is 5.07. The summed E-state index contributed by atoms with van der Waals surface area (Å²) >= 11 is 0. The molecule has 122 valence electrons. The van der Waals surface area contributed by atoms with Gasteiger partial charge in [-0.2, -0.15) is 0 Å². The van der Waals surface area contributed by atoms with Crippen molar-refractivity contribution in [2.24, 2.45) is 5.41 Å². The second-order valence-electron chi connectivity index (χ2n) is 6.50. The first kappa shape index (κ1) is 15.6. The number of hydrogen-bond donors (Lipinski definition) is 1. The van der Waals surface area contributed by atoms with Crippen molar-refractivity contribution in [3.8, 4) is 0 Å². The normalized spacial score (nSPS) is 23.0. The molecule has 0 fully saturated rings. The zero-order chi connectivity index (χ0) is 16.8. The fourth-order valence-corrected chi connectivity index (χ4v) is 4.00. The molecule has 1 aromatic carbocycles. The Bertz CT molecular complexity index is 742. The Kier molecular flexibility index (Phi) is 3.70. The molecule has 1 unspecified atom stereocenters. The Labute approximate surface area is 133 Å². The van der Waals surface area contributed by atoms with Gasteiger partial charge in [0.25, 0.3) is 0 Å². The number of anilines is 1. The van der Waals surface area contributed by atoms with Crippen LogP contribution in [-0.4, -0.2) is 10.7 Å². The van der Waals surface area contributed by atoms with Gasteiger partial charge in [-0.05, 0) is 42.5 Å². The van der Waals surface area contributed by atoms with Crippen molar-refractivity contribution in [2.45, 2.75) is 45.4 Å². The molecule has 2 aliphatic rings. The van der Waals surface area contributed by atoms with E-state index in [1.807, 2.05) is 0 Å². The third-order valence-corrected chi connectivity index (χ3v) is 5.07. The maximum Gasteiger partial charge on any atom is 0.316 e. The molecule has 3 rings (SSSR count). The average Bonchev–Trinajstić information content (AvgIpc) is 2.79. The molecular weight excluding hydrogens is 299 g/mol. The molecule has 6 heteroatoms. The minimum atomic E-state index is -0.596. The highest BCUT2D eigenvalue weighted by molar-refractivity contribution is 6.04. The number of carbonyl (C=O) groups excluding carboxylic acids is 1. The second-order valence-corrected chi connectivity index (χ2v) is 6.50. The van der Waals surface area contributed by atoms with Crippen molar-refractivity contribution < 1.29 is 14.1 Å². The van der Waals surface area contributed by atoms with E-state index in [2.05, 4.69) is 6.92 Å². The number of benzene rings is 1. The van der Waals surface area contributed by atoms with E-state index in [4.69, 9.17) is 5.73 Å². The standard InChI is InChI=1S/C17H19FN2O3/c1-2-3-5-17-6-4-14(21)16(20(22)23)15(17)11-8-12(18)13(19)7-10(11)9-17/h7-8H,2-6,9,19H2,1H3. The zero-order valence-electron chi connectivity index (χ0n) is 13.0. The molecule has 5 nitrogen and oxygen atoms in total. The summed E-state index contributed by atoms with van der Waals surface area (Å²) in [5.41, 5.74) is 6.65. The van der Waals surface area contributed by atoms with Crippen molar-refractivity contribution >= 4 is 17.0 Å². The van der Waals surface area contributed by atoms with Crippen LogP contribution in [-0.2, 0) is 11.2 Å². The first-order valence-electron chi connectivity index (χ1n) is 7.90. The lowest BCUT2D eigenvalue weighted by Crippen LogP contribution is -2.31. The molecule has 0 spiro atoms. The van der Waals surface area contributed by atoms with Crippen LogP contribution in [0.4, 0.5) is 10.1 Å². The van der Waals surface area contributed by atoms with Crippen LogP contribution in [0.25, 0.3) is 5.57 Å². The number of unbranched alkanes of at least 4 members (excludes halogenated alkanes) is 1. The highest BCUT2D eigenvalue weighted by Gasteiger charge is 2.51. The lowest BCUT2D eigenvalue weighted by molar-refractivity contribution is -0.418. The number of nitrogens with zero attached hydrogens (tertiary/aromatic N) is 1. The van der Waals surface area contributed by atoms with E-state index < -0.39 is 21.9 Å². The monoisotopic (exact) mass is 318 g/mol. The molecular formula is C17H19FN2O3. The largest absolute Gasteiger partial charge is 0.396 e. The Morgan fingerprint density at radius 3 is 2.83 bits per heavy atom. The summed E-state index contributed by atoms with van der Waals surface area (Å²) in [7, 11) is 0. The Hall–Kier alpha value is -2.24. The first-order valence-corrected chi connectivity index (χ1v) is 7.90. The van der Waals surface area contributed by atoms with Gasteiger partial charge < -0.3 is 5.73 Å². The molecule has 0 aliphatic heterocycles. The SMILES string of the molecule is CCCCC12CCC(=O)C([N+](=O)[O-])=C1c1cc(F)c(N)cc1C2. The van der Waals surface area contributed by atoms with E-state index in [9.17, 15) is 19.3 Å². The average molecular weight is 318 g/mol. The van der Waals surface area contributed by atoms with E-state index in [0.29, 0.717) is 24.0 Å². The predicted octanol–water partition coefficient (Wildman–Crippen LogP) is 3.49. The second kappa shape index (κ2) is 5.44. The Morgan fingerprint density at radius 1 is 1.43 bits per heavy atom. The molecule has 2 N–H and O–H groups in total. The van der Waals surface area contributed by atoms with E-state index in [1.165, 1.54) is 6.07 Å². The zero-order valence-corrected chi connectivity index (χ0v) is 13.0. The molecule has 0 saturated carbocycles. The number of hydrogen-bond acceptors (Lipinski definition) is 4. The van der Waals surface area contributed by atoms with E-state index in [-0.39, 0.29) is 17.8 Å². The van der Waals surface area contributed by atoms with E-state index in [1.54, 1.807) is 6.07 Å². The number of carbonyl (C=O) groups is 1. The van der Waals surface area contributed by atoms with Gasteiger partial charge in [-0.25, -0.2) is 4.39 Å². The summed E-state index contributed by atoms with van der Waals surface area (Å²) in [4.78, 5) is 23.0. The summed E-state index contributed by atoms with van der Waals surface area (Å²) in [5, 5.41) is 11.5. The molecule has 23 heavy (non-hydrogen) atoms. The van der Waals surface area contributed by atoms with E-state index in [0.717, 1.165) is 24.8 Å². The van der Waals surface area contributed by atoms with Crippen LogP contribution in [0.2, 0.25) is 0 Å². The predicted molar refractivity (Wildman–Crippen MR) is 84.6 cm³/mol. The van der Waals surface area contributed by atoms with Gasteiger partial charge in [0.15, 0.2) is 0 Å². The van der Waals surface area contributed by atoms with Gasteiger partial charge in [0.1, 0.15) is 5.82 Å². The van der Waals surface area contributed by atoms with Gasteiger partial charge >= 0.3 is 5.70 Å². The van der Waals surface area contributed by atoms with Crippen molar-refractivity contribution in [3.63, 3.8) is 0 Å². The number of nitro groups is 1. The number of allylic oxidation sites excluding steroid dienone is 2. The number of halogens is 1. The molecule has 0 aromatic heterocycles. The summed E-state index contributed by atoms with van der Waals surface area (Å²) < 4.78 is 13.9. The molecule has 0 radical (unpaired) electrons. The first-order chi connectivity index (χ1) is 10.9. The summed E-state index contributed by atoms with van der Waals surface area (Å²) in [6.45, 7) is 2.06. The number of rotatable bonds is 4. The molecule has 0 bridgehead atoms. The lowest BCUT2D eigenvalue weighted by Gasteiger charge is -2.33. The fraction of sp³-hybridized carbons (Fsp3) is 0.471. The topological polar surface area (TPSA) is 86.2 Å². The highest BCUT2D eigenvalue weighted by Crippen LogP contribution is 2.56. The van der Waals surface area contributed by atoms with Crippen molar-refractivity contribution in [1.82, 2.24) is 0 Å². The van der Waals surface area contributed by atoms with Crippen LogP contribution in [0.15, 0.2) is 17.8 Å².